The van der Waals surface area contributed by atoms with E-state index in [0.29, 0.717) is 5.69 Å². The number of aliphatic hydroxyl groups is 1. The van der Waals surface area contributed by atoms with Crippen molar-refractivity contribution in [3.8, 4) is 0 Å². The van der Waals surface area contributed by atoms with Gasteiger partial charge in [-0.3, -0.25) is 4.98 Å². The quantitative estimate of drug-likeness (QED) is 0.876. The number of nitrogens with zero attached hydrogens (tertiary/aromatic N) is 1. The van der Waals surface area contributed by atoms with E-state index in [-0.39, 0.29) is 6.61 Å². The molecular weight excluding hydrogens is 312 g/mol. The largest absolute Gasteiger partial charge is 0.394 e. The fourth-order valence-corrected chi connectivity index (χ4v) is 2.37. The standard InChI is InChI=1S/C9H12Br2N2O/c1-5-6(10)3-13-8(7(5)11)9(2,12)4-14/h3,14H,4,12H2,1-2H3/t9-/m0/s1. The van der Waals surface area contributed by atoms with Gasteiger partial charge in [0, 0.05) is 15.1 Å². The van der Waals surface area contributed by atoms with Crippen LogP contribution in [0.2, 0.25) is 0 Å². The second kappa shape index (κ2) is 4.26. The zero-order valence-corrected chi connectivity index (χ0v) is 11.2. The lowest BCUT2D eigenvalue weighted by Crippen LogP contribution is -2.38. The fourth-order valence-electron chi connectivity index (χ4n) is 1.03. The van der Waals surface area contributed by atoms with Gasteiger partial charge in [0.1, 0.15) is 0 Å². The highest BCUT2D eigenvalue weighted by Crippen LogP contribution is 2.30. The second-order valence-electron chi connectivity index (χ2n) is 3.47. The van der Waals surface area contributed by atoms with Gasteiger partial charge >= 0.3 is 0 Å². The average molecular weight is 324 g/mol. The molecule has 0 radical (unpaired) electrons. The number of hydrogen-bond acceptors (Lipinski definition) is 3. The van der Waals surface area contributed by atoms with Crippen molar-refractivity contribution >= 4 is 31.9 Å². The topological polar surface area (TPSA) is 59.1 Å². The highest BCUT2D eigenvalue weighted by molar-refractivity contribution is 9.11. The van der Waals surface area contributed by atoms with Gasteiger partial charge < -0.3 is 10.8 Å². The Balaban J connectivity index is 3.31. The van der Waals surface area contributed by atoms with Crippen LogP contribution in [0.1, 0.15) is 18.2 Å². The van der Waals surface area contributed by atoms with Gasteiger partial charge in [0.15, 0.2) is 0 Å². The number of aromatic nitrogens is 1. The maximum Gasteiger partial charge on any atom is 0.0800 e. The van der Waals surface area contributed by atoms with Gasteiger partial charge in [-0.05, 0) is 51.3 Å². The second-order valence-corrected chi connectivity index (χ2v) is 5.12. The molecule has 0 aliphatic carbocycles. The highest BCUT2D eigenvalue weighted by Gasteiger charge is 2.25. The molecule has 1 atom stereocenters. The van der Waals surface area contributed by atoms with Crippen molar-refractivity contribution in [3.63, 3.8) is 0 Å². The van der Waals surface area contributed by atoms with E-state index < -0.39 is 5.54 Å². The van der Waals surface area contributed by atoms with Crippen LogP contribution in [0.5, 0.6) is 0 Å². The molecule has 1 heterocycles. The average Bonchev–Trinajstić information content (AvgIpc) is 2.14. The van der Waals surface area contributed by atoms with Gasteiger partial charge in [-0.2, -0.15) is 0 Å². The van der Waals surface area contributed by atoms with Gasteiger partial charge in [0.25, 0.3) is 0 Å². The number of hydrogen-bond donors (Lipinski definition) is 2. The van der Waals surface area contributed by atoms with Crippen LogP contribution in [0.3, 0.4) is 0 Å². The van der Waals surface area contributed by atoms with Crippen LogP contribution in [0, 0.1) is 6.92 Å². The van der Waals surface area contributed by atoms with Gasteiger partial charge in [0.2, 0.25) is 0 Å². The Morgan fingerprint density at radius 3 is 2.64 bits per heavy atom. The molecule has 0 fully saturated rings. The summed E-state index contributed by atoms with van der Waals surface area (Å²) in [5.41, 5.74) is 6.78. The van der Waals surface area contributed by atoms with E-state index in [1.807, 2.05) is 6.92 Å². The monoisotopic (exact) mass is 322 g/mol. The van der Waals surface area contributed by atoms with Crippen molar-refractivity contribution in [2.75, 3.05) is 6.61 Å². The third kappa shape index (κ3) is 2.16. The minimum atomic E-state index is -0.815. The maximum absolute atomic E-state index is 9.13. The van der Waals surface area contributed by atoms with Gasteiger partial charge in [-0.25, -0.2) is 0 Å². The molecule has 0 amide bonds. The minimum Gasteiger partial charge on any atom is -0.394 e. The van der Waals surface area contributed by atoms with Crippen LogP contribution >= 0.6 is 31.9 Å². The maximum atomic E-state index is 9.13. The number of aliphatic hydroxyl groups excluding tert-OH is 1. The number of pyridine rings is 1. The summed E-state index contributed by atoms with van der Waals surface area (Å²) < 4.78 is 1.76. The highest BCUT2D eigenvalue weighted by atomic mass is 79.9. The van der Waals surface area contributed by atoms with Crippen molar-refractivity contribution in [2.45, 2.75) is 19.4 Å². The molecule has 14 heavy (non-hydrogen) atoms. The van der Waals surface area contributed by atoms with Crippen LogP contribution in [-0.4, -0.2) is 16.7 Å². The van der Waals surface area contributed by atoms with E-state index >= 15 is 0 Å². The van der Waals surface area contributed by atoms with E-state index in [0.717, 1.165) is 14.5 Å². The summed E-state index contributed by atoms with van der Waals surface area (Å²) in [4.78, 5) is 4.20. The summed E-state index contributed by atoms with van der Waals surface area (Å²) in [6, 6.07) is 0. The molecule has 0 aromatic carbocycles. The molecule has 0 saturated carbocycles. The van der Waals surface area contributed by atoms with E-state index in [1.54, 1.807) is 13.1 Å². The Morgan fingerprint density at radius 1 is 1.57 bits per heavy atom. The zero-order valence-electron chi connectivity index (χ0n) is 8.01. The molecule has 0 bridgehead atoms. The lowest BCUT2D eigenvalue weighted by atomic mass is 9.99. The molecule has 1 aromatic rings. The molecule has 5 heteroatoms. The summed E-state index contributed by atoms with van der Waals surface area (Å²) in [5, 5.41) is 9.13. The third-order valence-electron chi connectivity index (χ3n) is 2.07. The molecular formula is C9H12Br2N2O. The van der Waals surface area contributed by atoms with Crippen LogP contribution in [0.4, 0.5) is 0 Å². The normalized spacial score (nSPS) is 15.3. The first-order chi connectivity index (χ1) is 6.40. The van der Waals surface area contributed by atoms with Gasteiger partial charge in [0.05, 0.1) is 17.8 Å². The van der Waals surface area contributed by atoms with Crippen LogP contribution in [0.15, 0.2) is 15.1 Å². The summed E-state index contributed by atoms with van der Waals surface area (Å²) in [5.74, 6) is 0. The minimum absolute atomic E-state index is 0.139. The third-order valence-corrected chi connectivity index (χ3v) is 3.84. The fraction of sp³-hybridized carbons (Fsp3) is 0.444. The van der Waals surface area contributed by atoms with Crippen molar-refractivity contribution in [2.24, 2.45) is 5.73 Å². The summed E-state index contributed by atoms with van der Waals surface area (Å²) in [6.45, 7) is 3.56. The van der Waals surface area contributed by atoms with E-state index in [1.165, 1.54) is 0 Å². The van der Waals surface area contributed by atoms with E-state index in [9.17, 15) is 0 Å². The Labute approximate surface area is 100.0 Å². The molecule has 0 saturated heterocycles. The number of nitrogens with two attached hydrogens (primary N) is 1. The predicted molar refractivity (Wildman–Crippen MR) is 63.0 cm³/mol. The van der Waals surface area contributed by atoms with Gasteiger partial charge in [-0.15, -0.1) is 0 Å². The van der Waals surface area contributed by atoms with Crippen molar-refractivity contribution in [1.29, 1.82) is 0 Å². The predicted octanol–water partition coefficient (Wildman–Crippen LogP) is 2.08. The van der Waals surface area contributed by atoms with Crippen LogP contribution in [0.25, 0.3) is 0 Å². The molecule has 3 N–H and O–H groups in total. The van der Waals surface area contributed by atoms with Crippen molar-refractivity contribution in [1.82, 2.24) is 4.98 Å². The van der Waals surface area contributed by atoms with Crippen LogP contribution in [-0.2, 0) is 5.54 Å². The first-order valence-corrected chi connectivity index (χ1v) is 5.69. The molecule has 0 aliphatic rings. The molecule has 0 unspecified atom stereocenters. The molecule has 1 aromatic heterocycles. The SMILES string of the molecule is Cc1c(Br)cnc([C@@](C)(N)CO)c1Br. The Morgan fingerprint density at radius 2 is 2.14 bits per heavy atom. The summed E-state index contributed by atoms with van der Waals surface area (Å²) >= 11 is 6.80. The van der Waals surface area contributed by atoms with E-state index in [2.05, 4.69) is 36.8 Å². The first-order valence-electron chi connectivity index (χ1n) is 4.11. The zero-order chi connectivity index (χ0) is 10.9. The first kappa shape index (κ1) is 12.1. The Kier molecular flexibility index (Phi) is 3.69. The number of rotatable bonds is 2. The van der Waals surface area contributed by atoms with E-state index in [4.69, 9.17) is 10.8 Å². The number of halogens is 2. The molecule has 0 aliphatic heterocycles. The van der Waals surface area contributed by atoms with Crippen LogP contribution < -0.4 is 5.73 Å². The summed E-state index contributed by atoms with van der Waals surface area (Å²) in [7, 11) is 0. The Hall–Kier alpha value is 0.0300. The molecule has 3 nitrogen and oxygen atoms in total. The summed E-state index contributed by atoms with van der Waals surface area (Å²) in [6.07, 6.45) is 1.69. The molecule has 1 rings (SSSR count). The molecule has 0 spiro atoms. The van der Waals surface area contributed by atoms with Crippen molar-refractivity contribution in [3.05, 3.63) is 26.4 Å². The Bertz CT molecular complexity index is 353. The lowest BCUT2D eigenvalue weighted by Gasteiger charge is -2.23. The molecule has 78 valence electrons. The lowest BCUT2D eigenvalue weighted by molar-refractivity contribution is 0.206. The van der Waals surface area contributed by atoms with Crippen molar-refractivity contribution < 1.29 is 5.11 Å². The van der Waals surface area contributed by atoms with Gasteiger partial charge in [-0.1, -0.05) is 0 Å². The smallest absolute Gasteiger partial charge is 0.0800 e.